The van der Waals surface area contributed by atoms with Crippen molar-refractivity contribution >= 4 is 11.5 Å². The van der Waals surface area contributed by atoms with E-state index >= 15 is 0 Å². The number of hydrogen-bond donors (Lipinski definition) is 0. The standard InChI is InChI=1S/C14H16O3/c1-7-4-5-10-8(2)14(15)17-13(10)12-9(3)16-6-11(7)12/h4,6,8,10,13H,5H2,1-3H3/t8-,10-,13-/m0/s1. The van der Waals surface area contributed by atoms with Crippen molar-refractivity contribution in [3.8, 4) is 0 Å². The maximum atomic E-state index is 11.7. The maximum Gasteiger partial charge on any atom is 0.309 e. The van der Waals surface area contributed by atoms with Crippen molar-refractivity contribution in [3.63, 3.8) is 0 Å². The van der Waals surface area contributed by atoms with Gasteiger partial charge in [-0.15, -0.1) is 0 Å². The Morgan fingerprint density at radius 2 is 2.12 bits per heavy atom. The first-order valence-corrected chi connectivity index (χ1v) is 6.05. The van der Waals surface area contributed by atoms with Crippen molar-refractivity contribution in [2.45, 2.75) is 33.3 Å². The minimum atomic E-state index is -0.125. The van der Waals surface area contributed by atoms with Crippen molar-refractivity contribution in [2.75, 3.05) is 0 Å². The lowest BCUT2D eigenvalue weighted by atomic mass is 9.86. The van der Waals surface area contributed by atoms with Crippen molar-refractivity contribution in [2.24, 2.45) is 11.8 Å². The highest BCUT2D eigenvalue weighted by Gasteiger charge is 2.45. The van der Waals surface area contributed by atoms with Gasteiger partial charge in [0.05, 0.1) is 12.2 Å². The van der Waals surface area contributed by atoms with Gasteiger partial charge in [-0.05, 0) is 25.8 Å². The molecule has 0 bridgehead atoms. The fraction of sp³-hybridized carbons (Fsp3) is 0.500. The first-order valence-electron chi connectivity index (χ1n) is 6.05. The molecular formula is C14H16O3. The zero-order valence-corrected chi connectivity index (χ0v) is 10.3. The molecule has 3 atom stereocenters. The number of carbonyl (C=O) groups is 1. The quantitative estimate of drug-likeness (QED) is 0.644. The molecule has 1 fully saturated rings. The van der Waals surface area contributed by atoms with Gasteiger partial charge in [0.1, 0.15) is 11.9 Å². The normalized spacial score (nSPS) is 31.4. The average molecular weight is 232 g/mol. The van der Waals surface area contributed by atoms with E-state index in [1.807, 2.05) is 13.8 Å². The van der Waals surface area contributed by atoms with Crippen LogP contribution in [0.4, 0.5) is 0 Å². The molecule has 17 heavy (non-hydrogen) atoms. The zero-order valence-electron chi connectivity index (χ0n) is 10.3. The summed E-state index contributed by atoms with van der Waals surface area (Å²) in [7, 11) is 0. The van der Waals surface area contributed by atoms with Gasteiger partial charge in [-0.25, -0.2) is 0 Å². The lowest BCUT2D eigenvalue weighted by Crippen LogP contribution is -2.12. The largest absolute Gasteiger partial charge is 0.469 e. The van der Waals surface area contributed by atoms with E-state index in [4.69, 9.17) is 9.15 Å². The molecule has 1 aliphatic carbocycles. The number of carbonyl (C=O) groups excluding carboxylic acids is 1. The van der Waals surface area contributed by atoms with Gasteiger partial charge in [0.25, 0.3) is 0 Å². The van der Waals surface area contributed by atoms with Crippen LogP contribution in [-0.2, 0) is 9.53 Å². The number of esters is 1. The molecule has 1 saturated heterocycles. The maximum absolute atomic E-state index is 11.7. The van der Waals surface area contributed by atoms with Gasteiger partial charge in [-0.1, -0.05) is 13.0 Å². The van der Waals surface area contributed by atoms with E-state index in [1.165, 1.54) is 5.57 Å². The first-order chi connectivity index (χ1) is 8.09. The summed E-state index contributed by atoms with van der Waals surface area (Å²) in [6.07, 6.45) is 4.74. The predicted octanol–water partition coefficient (Wildman–Crippen LogP) is 3.25. The number of rotatable bonds is 0. The third-order valence-corrected chi connectivity index (χ3v) is 4.07. The second-order valence-electron chi connectivity index (χ2n) is 5.05. The van der Waals surface area contributed by atoms with Gasteiger partial charge in [0.2, 0.25) is 0 Å². The summed E-state index contributed by atoms with van der Waals surface area (Å²) in [6, 6.07) is 0. The van der Waals surface area contributed by atoms with Crippen LogP contribution in [0.3, 0.4) is 0 Å². The Balaban J connectivity index is 2.16. The van der Waals surface area contributed by atoms with Crippen LogP contribution >= 0.6 is 0 Å². The molecular weight excluding hydrogens is 216 g/mol. The molecule has 0 radical (unpaired) electrons. The third-order valence-electron chi connectivity index (χ3n) is 4.07. The van der Waals surface area contributed by atoms with E-state index in [0.717, 1.165) is 23.3 Å². The summed E-state index contributed by atoms with van der Waals surface area (Å²) in [4.78, 5) is 11.7. The third kappa shape index (κ3) is 1.38. The van der Waals surface area contributed by atoms with Gasteiger partial charge in [-0.3, -0.25) is 4.79 Å². The van der Waals surface area contributed by atoms with E-state index in [2.05, 4.69) is 13.0 Å². The summed E-state index contributed by atoms with van der Waals surface area (Å²) < 4.78 is 11.0. The van der Waals surface area contributed by atoms with Gasteiger partial charge in [0.15, 0.2) is 0 Å². The highest BCUT2D eigenvalue weighted by molar-refractivity contribution is 5.77. The number of ether oxygens (including phenoxy) is 1. The van der Waals surface area contributed by atoms with Crippen molar-refractivity contribution < 1.29 is 13.9 Å². The van der Waals surface area contributed by atoms with Crippen molar-refractivity contribution in [1.82, 2.24) is 0 Å². The Morgan fingerprint density at radius 3 is 2.88 bits per heavy atom. The predicted molar refractivity (Wildman–Crippen MR) is 63.2 cm³/mol. The van der Waals surface area contributed by atoms with Crippen LogP contribution in [0.25, 0.3) is 5.57 Å². The molecule has 3 nitrogen and oxygen atoms in total. The molecule has 0 saturated carbocycles. The summed E-state index contributed by atoms with van der Waals surface area (Å²) >= 11 is 0. The minimum Gasteiger partial charge on any atom is -0.469 e. The van der Waals surface area contributed by atoms with E-state index in [9.17, 15) is 4.79 Å². The van der Waals surface area contributed by atoms with Crippen LogP contribution in [0.1, 0.15) is 43.3 Å². The van der Waals surface area contributed by atoms with E-state index < -0.39 is 0 Å². The summed E-state index contributed by atoms with van der Waals surface area (Å²) in [5.74, 6) is 1.00. The van der Waals surface area contributed by atoms with Crippen LogP contribution in [0.15, 0.2) is 16.8 Å². The topological polar surface area (TPSA) is 39.4 Å². The Kier molecular flexibility index (Phi) is 2.18. The highest BCUT2D eigenvalue weighted by atomic mass is 16.6. The van der Waals surface area contributed by atoms with Gasteiger partial charge in [-0.2, -0.15) is 0 Å². The van der Waals surface area contributed by atoms with E-state index in [0.29, 0.717) is 0 Å². The smallest absolute Gasteiger partial charge is 0.309 e. The summed E-state index contributed by atoms with van der Waals surface area (Å²) in [6.45, 7) is 5.98. The van der Waals surface area contributed by atoms with Gasteiger partial charge < -0.3 is 9.15 Å². The molecule has 0 N–H and O–H groups in total. The van der Waals surface area contributed by atoms with Crippen LogP contribution in [0.5, 0.6) is 0 Å². The number of fused-ring (bicyclic) bond motifs is 3. The second kappa shape index (κ2) is 3.49. The molecule has 0 spiro atoms. The Bertz CT molecular complexity index is 510. The van der Waals surface area contributed by atoms with Gasteiger partial charge >= 0.3 is 5.97 Å². The van der Waals surface area contributed by atoms with E-state index in [-0.39, 0.29) is 23.9 Å². The Hall–Kier alpha value is -1.51. The summed E-state index contributed by atoms with van der Waals surface area (Å²) in [5, 5.41) is 0. The molecule has 2 heterocycles. The molecule has 0 amide bonds. The molecule has 0 unspecified atom stereocenters. The van der Waals surface area contributed by atoms with E-state index in [1.54, 1.807) is 6.26 Å². The Morgan fingerprint density at radius 1 is 1.35 bits per heavy atom. The number of allylic oxidation sites excluding steroid dienone is 2. The summed E-state index contributed by atoms with van der Waals surface area (Å²) in [5.41, 5.74) is 3.38. The van der Waals surface area contributed by atoms with Crippen LogP contribution in [0, 0.1) is 18.8 Å². The molecule has 3 rings (SSSR count). The van der Waals surface area contributed by atoms with Crippen LogP contribution in [-0.4, -0.2) is 5.97 Å². The van der Waals surface area contributed by atoms with Crippen molar-refractivity contribution in [3.05, 3.63) is 29.2 Å². The molecule has 0 aromatic carbocycles. The SMILES string of the molecule is CC1=CC[C@H]2[C@H](C)C(=O)O[C@@H]2c2c1coc2C. The fourth-order valence-corrected chi connectivity index (χ4v) is 2.90. The monoisotopic (exact) mass is 232 g/mol. The zero-order chi connectivity index (χ0) is 12.2. The number of hydrogen-bond acceptors (Lipinski definition) is 3. The fourth-order valence-electron chi connectivity index (χ4n) is 2.90. The molecule has 1 aromatic heterocycles. The number of aryl methyl sites for hydroxylation is 1. The highest BCUT2D eigenvalue weighted by Crippen LogP contribution is 2.47. The van der Waals surface area contributed by atoms with Crippen LogP contribution in [0.2, 0.25) is 0 Å². The molecule has 1 aromatic rings. The lowest BCUT2D eigenvalue weighted by Gasteiger charge is -2.16. The lowest BCUT2D eigenvalue weighted by molar-refractivity contribution is -0.144. The first kappa shape index (κ1) is 10.6. The second-order valence-corrected chi connectivity index (χ2v) is 5.05. The van der Waals surface area contributed by atoms with Crippen LogP contribution < -0.4 is 0 Å². The average Bonchev–Trinajstić information content (AvgIpc) is 2.75. The Labute approximate surface area is 100 Å². The molecule has 2 aliphatic rings. The van der Waals surface area contributed by atoms with Gasteiger partial charge in [0, 0.05) is 17.0 Å². The molecule has 1 aliphatic heterocycles. The number of furan rings is 1. The minimum absolute atomic E-state index is 0.0238. The molecule has 90 valence electrons. The molecule has 3 heteroatoms. The van der Waals surface area contributed by atoms with Crippen molar-refractivity contribution in [1.29, 1.82) is 0 Å².